The van der Waals surface area contributed by atoms with Crippen LogP contribution in [0, 0.1) is 0 Å². The molecule has 1 N–H and O–H groups in total. The standard InChI is InChI=1S/C22H17F3N2O2/c23-22(24,25)17-10-7-11-18(14-17)26-20(28)21(29)27(19-12-5-2-6-13-19)15-16-8-3-1-4-9-16/h1-14H,15H2,(H,26,28). The average Bonchev–Trinajstić information content (AvgIpc) is 2.72. The topological polar surface area (TPSA) is 49.4 Å². The molecule has 3 aromatic rings. The lowest BCUT2D eigenvalue weighted by Gasteiger charge is -2.22. The van der Waals surface area contributed by atoms with Gasteiger partial charge in [0.15, 0.2) is 0 Å². The van der Waals surface area contributed by atoms with Crippen molar-refractivity contribution in [2.24, 2.45) is 0 Å². The van der Waals surface area contributed by atoms with Gasteiger partial charge in [-0.2, -0.15) is 13.2 Å². The van der Waals surface area contributed by atoms with Crippen molar-refractivity contribution in [3.8, 4) is 0 Å². The first-order chi connectivity index (χ1) is 13.8. The molecule has 0 radical (unpaired) electrons. The number of nitrogens with one attached hydrogen (secondary N) is 1. The van der Waals surface area contributed by atoms with Crippen LogP contribution in [-0.4, -0.2) is 11.8 Å². The minimum Gasteiger partial charge on any atom is -0.318 e. The highest BCUT2D eigenvalue weighted by Gasteiger charge is 2.31. The molecular formula is C22H17F3N2O2. The van der Waals surface area contributed by atoms with Crippen molar-refractivity contribution in [1.82, 2.24) is 0 Å². The molecule has 0 aliphatic heterocycles. The predicted octanol–water partition coefficient (Wildman–Crippen LogP) is 4.88. The van der Waals surface area contributed by atoms with Gasteiger partial charge in [-0.15, -0.1) is 0 Å². The number of hydrogen-bond acceptors (Lipinski definition) is 2. The number of amides is 2. The van der Waals surface area contributed by atoms with Gasteiger partial charge in [0.05, 0.1) is 12.1 Å². The van der Waals surface area contributed by atoms with Gasteiger partial charge in [-0.3, -0.25) is 14.5 Å². The third kappa shape index (κ3) is 5.22. The Kier molecular flexibility index (Phi) is 5.97. The summed E-state index contributed by atoms with van der Waals surface area (Å²) < 4.78 is 38.6. The molecule has 0 aliphatic rings. The van der Waals surface area contributed by atoms with Gasteiger partial charge in [-0.25, -0.2) is 0 Å². The van der Waals surface area contributed by atoms with Crippen LogP contribution in [0.2, 0.25) is 0 Å². The van der Waals surface area contributed by atoms with Crippen LogP contribution in [0.15, 0.2) is 84.9 Å². The smallest absolute Gasteiger partial charge is 0.318 e. The lowest BCUT2D eigenvalue weighted by Crippen LogP contribution is -2.39. The Morgan fingerprint density at radius 1 is 0.828 bits per heavy atom. The molecule has 0 aromatic heterocycles. The fraction of sp³-hybridized carbons (Fsp3) is 0.0909. The summed E-state index contributed by atoms with van der Waals surface area (Å²) in [5, 5.41) is 2.26. The van der Waals surface area contributed by atoms with Crippen molar-refractivity contribution in [3.63, 3.8) is 0 Å². The molecule has 0 atom stereocenters. The van der Waals surface area contributed by atoms with E-state index < -0.39 is 23.6 Å². The first-order valence-electron chi connectivity index (χ1n) is 8.73. The molecule has 0 aliphatic carbocycles. The van der Waals surface area contributed by atoms with Crippen molar-refractivity contribution in [2.45, 2.75) is 12.7 Å². The minimum atomic E-state index is -4.55. The number of nitrogens with zero attached hydrogens (tertiary/aromatic N) is 1. The quantitative estimate of drug-likeness (QED) is 0.637. The second kappa shape index (κ2) is 8.60. The summed E-state index contributed by atoms with van der Waals surface area (Å²) in [4.78, 5) is 26.6. The molecule has 0 unspecified atom stereocenters. The van der Waals surface area contributed by atoms with Crippen molar-refractivity contribution in [2.75, 3.05) is 10.2 Å². The predicted molar refractivity (Wildman–Crippen MR) is 104 cm³/mol. The van der Waals surface area contributed by atoms with E-state index in [1.165, 1.54) is 17.0 Å². The van der Waals surface area contributed by atoms with E-state index in [1.807, 2.05) is 30.3 Å². The number of carbonyl (C=O) groups is 2. The highest BCUT2D eigenvalue weighted by Crippen LogP contribution is 2.30. The molecule has 0 spiro atoms. The molecule has 0 heterocycles. The van der Waals surface area contributed by atoms with E-state index in [1.54, 1.807) is 30.3 Å². The van der Waals surface area contributed by atoms with Gasteiger partial charge in [0.1, 0.15) is 0 Å². The SMILES string of the molecule is O=C(Nc1cccc(C(F)(F)F)c1)C(=O)N(Cc1ccccc1)c1ccccc1. The molecule has 148 valence electrons. The maximum Gasteiger partial charge on any atom is 0.416 e. The van der Waals surface area contributed by atoms with E-state index in [2.05, 4.69) is 5.32 Å². The van der Waals surface area contributed by atoms with Crippen LogP contribution < -0.4 is 10.2 Å². The number of rotatable bonds is 4. The molecule has 0 saturated heterocycles. The second-order valence-corrected chi connectivity index (χ2v) is 6.25. The monoisotopic (exact) mass is 398 g/mol. The fourth-order valence-electron chi connectivity index (χ4n) is 2.73. The van der Waals surface area contributed by atoms with E-state index >= 15 is 0 Å². The Labute approximate surface area is 165 Å². The van der Waals surface area contributed by atoms with Crippen molar-refractivity contribution in [1.29, 1.82) is 0 Å². The van der Waals surface area contributed by atoms with Gasteiger partial charge >= 0.3 is 18.0 Å². The highest BCUT2D eigenvalue weighted by molar-refractivity contribution is 6.44. The Morgan fingerprint density at radius 2 is 1.45 bits per heavy atom. The van der Waals surface area contributed by atoms with Crippen LogP contribution in [0.5, 0.6) is 0 Å². The number of alkyl halides is 3. The van der Waals surface area contributed by atoms with Gasteiger partial charge in [0.25, 0.3) is 0 Å². The zero-order chi connectivity index (χ0) is 20.9. The summed E-state index contributed by atoms with van der Waals surface area (Å²) in [6.45, 7) is 0.139. The first-order valence-corrected chi connectivity index (χ1v) is 8.73. The average molecular weight is 398 g/mol. The molecule has 3 rings (SSSR count). The maximum atomic E-state index is 12.9. The first kappa shape index (κ1) is 20.1. The largest absolute Gasteiger partial charge is 0.416 e. The van der Waals surface area contributed by atoms with Crippen molar-refractivity contribution >= 4 is 23.2 Å². The summed E-state index contributed by atoms with van der Waals surface area (Å²) in [6.07, 6.45) is -4.55. The number of hydrogen-bond donors (Lipinski definition) is 1. The molecule has 0 saturated carbocycles. The molecule has 29 heavy (non-hydrogen) atoms. The second-order valence-electron chi connectivity index (χ2n) is 6.25. The Morgan fingerprint density at radius 3 is 2.07 bits per heavy atom. The summed E-state index contributed by atoms with van der Waals surface area (Å²) >= 11 is 0. The molecule has 4 nitrogen and oxygen atoms in total. The number of anilines is 2. The van der Waals surface area contributed by atoms with E-state index in [0.717, 1.165) is 17.7 Å². The molecule has 2 amide bonds. The van der Waals surface area contributed by atoms with Gasteiger partial charge in [0.2, 0.25) is 0 Å². The van der Waals surface area contributed by atoms with Crippen LogP contribution in [-0.2, 0) is 22.3 Å². The van der Waals surface area contributed by atoms with Crippen LogP contribution in [0.1, 0.15) is 11.1 Å². The van der Waals surface area contributed by atoms with Crippen LogP contribution in [0.4, 0.5) is 24.5 Å². The van der Waals surface area contributed by atoms with Gasteiger partial charge in [-0.05, 0) is 35.9 Å². The van der Waals surface area contributed by atoms with Gasteiger partial charge in [-0.1, -0.05) is 54.6 Å². The molecule has 0 fully saturated rings. The third-order valence-electron chi connectivity index (χ3n) is 4.14. The Balaban J connectivity index is 1.83. The Bertz CT molecular complexity index is 990. The zero-order valence-electron chi connectivity index (χ0n) is 15.2. The lowest BCUT2D eigenvalue weighted by molar-refractivity contribution is -0.137. The Hall–Kier alpha value is -3.61. The van der Waals surface area contributed by atoms with Crippen LogP contribution in [0.25, 0.3) is 0 Å². The van der Waals surface area contributed by atoms with Crippen molar-refractivity contribution < 1.29 is 22.8 Å². The van der Waals surface area contributed by atoms with E-state index in [0.29, 0.717) is 5.69 Å². The normalized spacial score (nSPS) is 11.0. The van der Waals surface area contributed by atoms with E-state index in [-0.39, 0.29) is 12.2 Å². The summed E-state index contributed by atoms with van der Waals surface area (Å²) in [5.41, 5.74) is 0.287. The van der Waals surface area contributed by atoms with E-state index in [4.69, 9.17) is 0 Å². The number of para-hydroxylation sites is 1. The number of carbonyl (C=O) groups excluding carboxylic acids is 2. The fourth-order valence-corrected chi connectivity index (χ4v) is 2.73. The molecule has 3 aromatic carbocycles. The van der Waals surface area contributed by atoms with Crippen LogP contribution >= 0.6 is 0 Å². The summed E-state index contributed by atoms with van der Waals surface area (Å²) in [7, 11) is 0. The molecule has 7 heteroatoms. The molecular weight excluding hydrogens is 381 g/mol. The molecule has 0 bridgehead atoms. The van der Waals surface area contributed by atoms with Gasteiger partial charge < -0.3 is 5.32 Å². The van der Waals surface area contributed by atoms with E-state index in [9.17, 15) is 22.8 Å². The lowest BCUT2D eigenvalue weighted by atomic mass is 10.2. The highest BCUT2D eigenvalue weighted by atomic mass is 19.4. The maximum absolute atomic E-state index is 12.9. The third-order valence-corrected chi connectivity index (χ3v) is 4.14. The summed E-state index contributed by atoms with van der Waals surface area (Å²) in [5.74, 6) is -1.90. The van der Waals surface area contributed by atoms with Gasteiger partial charge in [0, 0.05) is 11.4 Å². The minimum absolute atomic E-state index is 0.106. The van der Waals surface area contributed by atoms with Crippen molar-refractivity contribution in [3.05, 3.63) is 96.1 Å². The zero-order valence-corrected chi connectivity index (χ0v) is 15.2. The summed E-state index contributed by atoms with van der Waals surface area (Å²) in [6, 6.07) is 21.8. The van der Waals surface area contributed by atoms with Crippen LogP contribution in [0.3, 0.4) is 0 Å². The number of halogens is 3. The number of benzene rings is 3.